The van der Waals surface area contributed by atoms with Crippen molar-refractivity contribution in [2.75, 3.05) is 11.9 Å². The van der Waals surface area contributed by atoms with Crippen molar-refractivity contribution in [1.82, 2.24) is 25.2 Å². The van der Waals surface area contributed by atoms with Crippen molar-refractivity contribution in [2.24, 2.45) is 28.4 Å². The van der Waals surface area contributed by atoms with Crippen molar-refractivity contribution < 1.29 is 14.4 Å². The summed E-state index contributed by atoms with van der Waals surface area (Å²) in [7, 11) is 0. The van der Waals surface area contributed by atoms with Gasteiger partial charge in [0.1, 0.15) is 18.1 Å². The molecule has 2 fully saturated rings. The molecule has 5 N–H and O–H groups in total. The number of carbonyl (C=O) groups excluding carboxylic acids is 3. The van der Waals surface area contributed by atoms with E-state index in [1.807, 2.05) is 52.8 Å². The number of primary amides is 1. The van der Waals surface area contributed by atoms with Crippen LogP contribution < -0.4 is 21.9 Å². The first-order valence-corrected chi connectivity index (χ1v) is 14.7. The van der Waals surface area contributed by atoms with Crippen LogP contribution in [0.5, 0.6) is 0 Å². The number of anilines is 1. The zero-order chi connectivity index (χ0) is 31.4. The van der Waals surface area contributed by atoms with Crippen molar-refractivity contribution in [3.05, 3.63) is 63.7 Å². The quantitative estimate of drug-likeness (QED) is 0.315. The van der Waals surface area contributed by atoms with E-state index < -0.39 is 35.4 Å². The SMILES string of the molecule is Cc1ccc2[nH]c(=O)c(C[C@H](NC(=O)[C@@H]3[C@@H]4[C@H](CN3C(=O)[C@@H](Nc3nccc(C)n3)C(C)(C)C)C4(C)C)C(N)=O)cc2c1. The molecule has 11 nitrogen and oxygen atoms in total. The molecule has 0 unspecified atom stereocenters. The van der Waals surface area contributed by atoms with Gasteiger partial charge in [0.25, 0.3) is 5.56 Å². The lowest BCUT2D eigenvalue weighted by atomic mass is 9.85. The molecular weight excluding hydrogens is 546 g/mol. The smallest absolute Gasteiger partial charge is 0.251 e. The van der Waals surface area contributed by atoms with Gasteiger partial charge in [0.15, 0.2) is 0 Å². The largest absolute Gasteiger partial charge is 0.368 e. The molecule has 2 aliphatic rings. The number of hydrogen-bond acceptors (Lipinski definition) is 7. The summed E-state index contributed by atoms with van der Waals surface area (Å²) >= 11 is 0. The molecule has 1 aliphatic carbocycles. The Morgan fingerprint density at radius 2 is 1.88 bits per heavy atom. The second kappa shape index (κ2) is 10.8. The number of pyridine rings is 1. The van der Waals surface area contributed by atoms with Crippen molar-refractivity contribution in [1.29, 1.82) is 0 Å². The van der Waals surface area contributed by atoms with Gasteiger partial charge in [-0.25, -0.2) is 9.97 Å². The van der Waals surface area contributed by atoms with Crippen LogP contribution in [0.2, 0.25) is 0 Å². The van der Waals surface area contributed by atoms with Crippen LogP contribution in [0.15, 0.2) is 41.3 Å². The number of piperidine rings is 1. The molecule has 1 aromatic carbocycles. The minimum atomic E-state index is -1.13. The minimum absolute atomic E-state index is 0.0741. The topological polar surface area (TPSA) is 163 Å². The summed E-state index contributed by atoms with van der Waals surface area (Å²) in [5.41, 5.74) is 7.52. The first-order chi connectivity index (χ1) is 20.1. The first-order valence-electron chi connectivity index (χ1n) is 14.7. The number of H-pyrrole nitrogens is 1. The summed E-state index contributed by atoms with van der Waals surface area (Å²) < 4.78 is 0. The highest BCUT2D eigenvalue weighted by Crippen LogP contribution is 2.65. The van der Waals surface area contributed by atoms with E-state index >= 15 is 0 Å². The average Bonchev–Trinajstić information content (AvgIpc) is 3.23. The molecule has 1 saturated carbocycles. The average molecular weight is 588 g/mol. The zero-order valence-electron chi connectivity index (χ0n) is 25.8. The summed E-state index contributed by atoms with van der Waals surface area (Å²) in [6.07, 6.45) is 1.56. The van der Waals surface area contributed by atoms with E-state index in [-0.39, 0.29) is 35.1 Å². The number of rotatable bonds is 8. The molecule has 3 heterocycles. The van der Waals surface area contributed by atoms with E-state index in [1.54, 1.807) is 23.2 Å². The Bertz CT molecular complexity index is 1660. The van der Waals surface area contributed by atoms with E-state index in [1.165, 1.54) is 0 Å². The van der Waals surface area contributed by atoms with Crippen LogP contribution in [0.1, 0.15) is 51.4 Å². The summed E-state index contributed by atoms with van der Waals surface area (Å²) in [4.78, 5) is 66.7. The molecule has 0 bridgehead atoms. The second-order valence-electron chi connectivity index (χ2n) is 13.7. The molecule has 2 aromatic heterocycles. The number of hydrogen-bond donors (Lipinski definition) is 4. The minimum Gasteiger partial charge on any atom is -0.368 e. The van der Waals surface area contributed by atoms with Gasteiger partial charge in [-0.05, 0) is 66.2 Å². The number of carbonyl (C=O) groups is 3. The number of aryl methyl sites for hydroxylation is 2. The highest BCUT2D eigenvalue weighted by Gasteiger charge is 2.69. The van der Waals surface area contributed by atoms with Crippen LogP contribution >= 0.6 is 0 Å². The third-order valence-electron chi connectivity index (χ3n) is 9.10. The number of amides is 3. The molecule has 3 aromatic rings. The number of likely N-dealkylation sites (tertiary alicyclic amines) is 1. The van der Waals surface area contributed by atoms with Gasteiger partial charge in [0.05, 0.1) is 0 Å². The molecule has 1 aliphatic heterocycles. The van der Waals surface area contributed by atoms with E-state index in [4.69, 9.17) is 5.73 Å². The Labute approximate surface area is 251 Å². The van der Waals surface area contributed by atoms with Crippen molar-refractivity contribution in [3.8, 4) is 0 Å². The Kier molecular flexibility index (Phi) is 7.56. The Balaban J connectivity index is 1.40. The summed E-state index contributed by atoms with van der Waals surface area (Å²) in [6.45, 7) is 14.2. The van der Waals surface area contributed by atoms with Crippen molar-refractivity contribution in [3.63, 3.8) is 0 Å². The predicted molar refractivity (Wildman–Crippen MR) is 164 cm³/mol. The molecule has 3 amide bonds. The van der Waals surface area contributed by atoms with E-state index in [9.17, 15) is 19.2 Å². The molecule has 1 saturated heterocycles. The van der Waals surface area contributed by atoms with Gasteiger partial charge in [-0.1, -0.05) is 46.2 Å². The lowest BCUT2D eigenvalue weighted by Crippen LogP contribution is -2.58. The maximum atomic E-state index is 14.2. The number of aromatic amines is 1. The number of nitrogens with two attached hydrogens (primary N) is 1. The third-order valence-corrected chi connectivity index (χ3v) is 9.10. The lowest BCUT2D eigenvalue weighted by Gasteiger charge is -2.38. The number of benzene rings is 1. The van der Waals surface area contributed by atoms with Gasteiger partial charge >= 0.3 is 0 Å². The first kappa shape index (κ1) is 30.2. The van der Waals surface area contributed by atoms with Crippen molar-refractivity contribution in [2.45, 2.75) is 73.0 Å². The van der Waals surface area contributed by atoms with Crippen LogP contribution in [0, 0.1) is 36.5 Å². The fraction of sp³-hybridized carbons (Fsp3) is 0.500. The highest BCUT2D eigenvalue weighted by atomic mass is 16.2. The molecule has 5 atom stereocenters. The number of aromatic nitrogens is 3. The van der Waals surface area contributed by atoms with Gasteiger partial charge in [-0.3, -0.25) is 19.2 Å². The Morgan fingerprint density at radius 1 is 1.16 bits per heavy atom. The third kappa shape index (κ3) is 5.85. The van der Waals surface area contributed by atoms with Crippen molar-refractivity contribution >= 4 is 34.6 Å². The highest BCUT2D eigenvalue weighted by molar-refractivity contribution is 5.95. The van der Waals surface area contributed by atoms with E-state index in [0.29, 0.717) is 23.6 Å². The number of nitrogens with zero attached hydrogens (tertiary/aromatic N) is 3. The molecular formula is C32H41N7O4. The van der Waals surface area contributed by atoms with Gasteiger partial charge in [-0.15, -0.1) is 0 Å². The van der Waals surface area contributed by atoms with Gasteiger partial charge in [0, 0.05) is 35.9 Å². The van der Waals surface area contributed by atoms with Crippen LogP contribution in [0.4, 0.5) is 5.95 Å². The van der Waals surface area contributed by atoms with Gasteiger partial charge in [-0.2, -0.15) is 0 Å². The van der Waals surface area contributed by atoms with E-state index in [0.717, 1.165) is 16.6 Å². The fourth-order valence-electron chi connectivity index (χ4n) is 6.50. The van der Waals surface area contributed by atoms with Crippen LogP contribution in [0.25, 0.3) is 10.9 Å². The van der Waals surface area contributed by atoms with Crippen LogP contribution in [-0.2, 0) is 20.8 Å². The maximum absolute atomic E-state index is 14.2. The zero-order valence-corrected chi connectivity index (χ0v) is 25.8. The number of nitrogens with one attached hydrogen (secondary N) is 3. The summed E-state index contributed by atoms with van der Waals surface area (Å²) in [5, 5.41) is 6.83. The summed E-state index contributed by atoms with van der Waals surface area (Å²) in [6, 6.07) is 6.52. The Hall–Kier alpha value is -4.28. The fourth-order valence-corrected chi connectivity index (χ4v) is 6.50. The second-order valence-corrected chi connectivity index (χ2v) is 13.7. The normalized spacial score (nSPS) is 22.0. The van der Waals surface area contributed by atoms with Gasteiger partial charge < -0.3 is 26.3 Å². The number of fused-ring (bicyclic) bond motifs is 2. The lowest BCUT2D eigenvalue weighted by molar-refractivity contribution is -0.143. The molecule has 5 rings (SSSR count). The maximum Gasteiger partial charge on any atom is 0.251 e. The van der Waals surface area contributed by atoms with Crippen LogP contribution in [0.3, 0.4) is 0 Å². The predicted octanol–water partition coefficient (Wildman–Crippen LogP) is 2.46. The molecule has 228 valence electrons. The van der Waals surface area contributed by atoms with Crippen LogP contribution in [-0.4, -0.2) is 62.2 Å². The monoisotopic (exact) mass is 587 g/mol. The Morgan fingerprint density at radius 3 is 2.53 bits per heavy atom. The molecule has 0 radical (unpaired) electrons. The standard InChI is InChI=1S/C32H41N7O4/c1-16-8-9-21-18(12-16)13-19(27(41)36-21)14-22(26(33)40)37-28(42)24-23-20(32(23,6)7)15-39(24)29(43)25(31(3,4)5)38-30-34-11-10-17(2)35-30/h8-13,20,22-25H,14-15H2,1-7H3,(H2,33,40)(H,36,41)(H,37,42)(H,34,35,38)/t20-,22-,23-,24-,25+/m0/s1. The van der Waals surface area contributed by atoms with Gasteiger partial charge in [0.2, 0.25) is 23.7 Å². The summed E-state index contributed by atoms with van der Waals surface area (Å²) in [5.74, 6) is -1.05. The van der Waals surface area contributed by atoms with E-state index in [2.05, 4.69) is 39.4 Å². The molecule has 43 heavy (non-hydrogen) atoms. The molecule has 11 heteroatoms. The molecule has 0 spiro atoms.